The molecule has 0 spiro atoms. The van der Waals surface area contributed by atoms with Gasteiger partial charge >= 0.3 is 0 Å². The number of carbonyl (C=O) groups excluding carboxylic acids is 1. The quantitative estimate of drug-likeness (QED) is 0.863. The zero-order valence-corrected chi connectivity index (χ0v) is 12.3. The number of hydrogen-bond donors (Lipinski definition) is 1. The van der Waals surface area contributed by atoms with Crippen LogP contribution in [0.15, 0.2) is 18.3 Å². The molecule has 0 bridgehead atoms. The number of hydrogen-bond acceptors (Lipinski definition) is 2. The zero-order valence-electron chi connectivity index (χ0n) is 11.6. The first-order chi connectivity index (χ1) is 9.04. The number of pyridine rings is 1. The number of nitrogens with one attached hydrogen (secondary N) is 1. The molecule has 0 aromatic carbocycles. The van der Waals surface area contributed by atoms with Crippen molar-refractivity contribution in [2.45, 2.75) is 45.1 Å². The van der Waals surface area contributed by atoms with Gasteiger partial charge in [0.05, 0.1) is 11.1 Å². The van der Waals surface area contributed by atoms with Crippen LogP contribution >= 0.6 is 11.6 Å². The van der Waals surface area contributed by atoms with Gasteiger partial charge in [0.15, 0.2) is 0 Å². The molecule has 0 unspecified atom stereocenters. The van der Waals surface area contributed by atoms with Crippen LogP contribution in [0.3, 0.4) is 0 Å². The minimum absolute atomic E-state index is 0.0669. The van der Waals surface area contributed by atoms with Gasteiger partial charge in [0.2, 0.25) is 0 Å². The van der Waals surface area contributed by atoms with Crippen molar-refractivity contribution in [3.05, 3.63) is 29.6 Å². The fourth-order valence-electron chi connectivity index (χ4n) is 2.52. The van der Waals surface area contributed by atoms with Gasteiger partial charge in [-0.3, -0.25) is 9.78 Å². The summed E-state index contributed by atoms with van der Waals surface area (Å²) in [5.74, 6) is 1.14. The number of rotatable bonds is 3. The summed E-state index contributed by atoms with van der Waals surface area (Å²) in [6.45, 7) is 4.16. The van der Waals surface area contributed by atoms with E-state index in [2.05, 4.69) is 17.2 Å². The van der Waals surface area contributed by atoms with E-state index in [1.165, 1.54) is 0 Å². The largest absolute Gasteiger partial charge is 0.345 e. The molecule has 3 nitrogen and oxygen atoms in total. The lowest BCUT2D eigenvalue weighted by Gasteiger charge is -2.38. The molecular formula is C15H21ClN2O. The zero-order chi connectivity index (χ0) is 13.9. The molecule has 1 aliphatic rings. The monoisotopic (exact) mass is 280 g/mol. The molecule has 1 aliphatic carbocycles. The lowest BCUT2D eigenvalue weighted by Crippen LogP contribution is -2.52. The third kappa shape index (κ3) is 3.47. The van der Waals surface area contributed by atoms with Crippen LogP contribution in [0.25, 0.3) is 0 Å². The average molecular weight is 281 g/mol. The highest BCUT2D eigenvalue weighted by Gasteiger charge is 2.35. The summed E-state index contributed by atoms with van der Waals surface area (Å²) in [6, 6.07) is 3.66. The Kier molecular flexibility index (Phi) is 4.46. The number of amides is 1. The Bertz CT molecular complexity index is 436. The second-order valence-electron chi connectivity index (χ2n) is 5.74. The standard InChI is InChI=1S/C15H21ClN2O/c1-11-5-7-15(10-16,8-6-11)18-14(19)13-4-3-12(2)17-9-13/h3-4,9,11H,5-8,10H2,1-2H3,(H,18,19). The van der Waals surface area contributed by atoms with Gasteiger partial charge in [0, 0.05) is 17.8 Å². The Morgan fingerprint density at radius 1 is 1.47 bits per heavy atom. The van der Waals surface area contributed by atoms with Crippen LogP contribution in [0.1, 0.15) is 48.7 Å². The lowest BCUT2D eigenvalue weighted by molar-refractivity contribution is 0.0872. The Morgan fingerprint density at radius 3 is 2.68 bits per heavy atom. The van der Waals surface area contributed by atoms with Crippen LogP contribution in [0.5, 0.6) is 0 Å². The van der Waals surface area contributed by atoms with Crippen molar-refractivity contribution in [2.24, 2.45) is 5.92 Å². The van der Waals surface area contributed by atoms with Crippen molar-refractivity contribution in [1.29, 1.82) is 0 Å². The van der Waals surface area contributed by atoms with Crippen molar-refractivity contribution in [3.63, 3.8) is 0 Å². The summed E-state index contributed by atoms with van der Waals surface area (Å²) >= 11 is 6.11. The predicted octanol–water partition coefficient (Wildman–Crippen LogP) is 3.31. The summed E-state index contributed by atoms with van der Waals surface area (Å²) in [7, 11) is 0. The topological polar surface area (TPSA) is 42.0 Å². The molecule has 4 heteroatoms. The van der Waals surface area contributed by atoms with Gasteiger partial charge < -0.3 is 5.32 Å². The molecule has 0 saturated heterocycles. The summed E-state index contributed by atoms with van der Waals surface area (Å²) in [6.07, 6.45) is 5.79. The molecular weight excluding hydrogens is 260 g/mol. The fraction of sp³-hybridized carbons (Fsp3) is 0.600. The molecule has 104 valence electrons. The highest BCUT2D eigenvalue weighted by atomic mass is 35.5. The molecule has 19 heavy (non-hydrogen) atoms. The van der Waals surface area contributed by atoms with Crippen LogP contribution in [-0.4, -0.2) is 22.3 Å². The number of aryl methyl sites for hydroxylation is 1. The second kappa shape index (κ2) is 5.91. The maximum absolute atomic E-state index is 12.3. The Labute approximate surface area is 119 Å². The highest BCUT2D eigenvalue weighted by molar-refractivity contribution is 6.19. The lowest BCUT2D eigenvalue weighted by atomic mass is 9.78. The van der Waals surface area contributed by atoms with Crippen molar-refractivity contribution >= 4 is 17.5 Å². The molecule has 2 rings (SSSR count). The molecule has 1 aromatic heterocycles. The van der Waals surface area contributed by atoms with Crippen LogP contribution < -0.4 is 5.32 Å². The maximum atomic E-state index is 12.3. The number of nitrogens with zero attached hydrogens (tertiary/aromatic N) is 1. The van der Waals surface area contributed by atoms with Crippen LogP contribution in [0.2, 0.25) is 0 Å². The molecule has 1 N–H and O–H groups in total. The summed E-state index contributed by atoms with van der Waals surface area (Å²) in [4.78, 5) is 16.4. The van der Waals surface area contributed by atoms with E-state index in [9.17, 15) is 4.79 Å². The normalized spacial score (nSPS) is 27.0. The van der Waals surface area contributed by atoms with E-state index in [0.717, 1.165) is 37.3 Å². The SMILES string of the molecule is Cc1ccc(C(=O)NC2(CCl)CCC(C)CC2)cn1. The maximum Gasteiger partial charge on any atom is 0.253 e. The molecule has 1 fully saturated rings. The molecule has 0 radical (unpaired) electrons. The van der Waals surface area contributed by atoms with Crippen LogP contribution in [-0.2, 0) is 0 Å². The minimum atomic E-state index is -0.240. The average Bonchev–Trinajstić information content (AvgIpc) is 2.42. The number of aromatic nitrogens is 1. The van der Waals surface area contributed by atoms with Gasteiger partial charge in [-0.05, 0) is 50.7 Å². The van der Waals surface area contributed by atoms with Gasteiger partial charge in [-0.25, -0.2) is 0 Å². The number of carbonyl (C=O) groups is 1. The number of halogens is 1. The van der Waals surface area contributed by atoms with Crippen molar-refractivity contribution in [1.82, 2.24) is 10.3 Å². The van der Waals surface area contributed by atoms with E-state index in [1.54, 1.807) is 6.20 Å². The third-order valence-corrected chi connectivity index (χ3v) is 4.55. The van der Waals surface area contributed by atoms with Crippen LogP contribution in [0, 0.1) is 12.8 Å². The summed E-state index contributed by atoms with van der Waals surface area (Å²) in [5.41, 5.74) is 1.28. The second-order valence-corrected chi connectivity index (χ2v) is 6.01. The summed E-state index contributed by atoms with van der Waals surface area (Å²) in [5, 5.41) is 3.13. The molecule has 1 amide bonds. The van der Waals surface area contributed by atoms with Gasteiger partial charge in [0.1, 0.15) is 0 Å². The molecule has 0 aliphatic heterocycles. The van der Waals surface area contributed by atoms with E-state index in [1.807, 2.05) is 19.1 Å². The molecule has 1 saturated carbocycles. The number of alkyl halides is 1. The van der Waals surface area contributed by atoms with Gasteiger partial charge in [-0.2, -0.15) is 0 Å². The highest BCUT2D eigenvalue weighted by Crippen LogP contribution is 2.33. The Balaban J connectivity index is 2.06. The minimum Gasteiger partial charge on any atom is -0.345 e. The Hall–Kier alpha value is -1.09. The van der Waals surface area contributed by atoms with E-state index < -0.39 is 0 Å². The van der Waals surface area contributed by atoms with Crippen molar-refractivity contribution < 1.29 is 4.79 Å². The van der Waals surface area contributed by atoms with E-state index in [0.29, 0.717) is 11.4 Å². The van der Waals surface area contributed by atoms with Crippen molar-refractivity contribution in [2.75, 3.05) is 5.88 Å². The first-order valence-corrected chi connectivity index (χ1v) is 7.39. The van der Waals surface area contributed by atoms with Gasteiger partial charge in [-0.1, -0.05) is 6.92 Å². The Morgan fingerprint density at radius 2 is 2.16 bits per heavy atom. The van der Waals surface area contributed by atoms with E-state index >= 15 is 0 Å². The fourth-order valence-corrected chi connectivity index (χ4v) is 2.86. The van der Waals surface area contributed by atoms with Crippen LogP contribution in [0.4, 0.5) is 0 Å². The molecule has 1 aromatic rings. The predicted molar refractivity (Wildman–Crippen MR) is 77.5 cm³/mol. The smallest absolute Gasteiger partial charge is 0.253 e. The van der Waals surface area contributed by atoms with Gasteiger partial charge in [-0.15, -0.1) is 11.6 Å². The first kappa shape index (κ1) is 14.3. The van der Waals surface area contributed by atoms with Gasteiger partial charge in [0.25, 0.3) is 5.91 Å². The molecule has 0 atom stereocenters. The van der Waals surface area contributed by atoms with E-state index in [4.69, 9.17) is 11.6 Å². The first-order valence-electron chi connectivity index (χ1n) is 6.86. The van der Waals surface area contributed by atoms with Crippen molar-refractivity contribution in [3.8, 4) is 0 Å². The summed E-state index contributed by atoms with van der Waals surface area (Å²) < 4.78 is 0. The molecule has 1 heterocycles. The third-order valence-electron chi connectivity index (χ3n) is 4.04. The van der Waals surface area contributed by atoms with E-state index in [-0.39, 0.29) is 11.4 Å².